The molecule has 0 aliphatic heterocycles. The van der Waals surface area contributed by atoms with Crippen molar-refractivity contribution in [3.05, 3.63) is 54.4 Å². The Balaban J connectivity index is 1.94. The van der Waals surface area contributed by atoms with Gasteiger partial charge in [-0.15, -0.1) is 0 Å². The number of fused-ring (bicyclic) bond motifs is 1. The molecule has 0 aliphatic rings. The van der Waals surface area contributed by atoms with E-state index in [4.69, 9.17) is 5.73 Å². The molecule has 0 spiro atoms. The van der Waals surface area contributed by atoms with E-state index in [2.05, 4.69) is 20.1 Å². The summed E-state index contributed by atoms with van der Waals surface area (Å²) < 4.78 is 3.59. The number of benzene rings is 1. The molecule has 0 fully saturated rings. The van der Waals surface area contributed by atoms with E-state index in [9.17, 15) is 0 Å². The highest BCUT2D eigenvalue weighted by Crippen LogP contribution is 2.24. The standard InChI is InChI=1S/C16H15N7/c1-10-7-11(2)23(21-10)16-14(17)15(18-8-19-16)22-9-20-12-5-3-4-6-13(12)22/h3-9H,17H2,1-2H3. The summed E-state index contributed by atoms with van der Waals surface area (Å²) in [5, 5.41) is 4.45. The maximum Gasteiger partial charge on any atom is 0.182 e. The zero-order chi connectivity index (χ0) is 16.0. The lowest BCUT2D eigenvalue weighted by Gasteiger charge is -2.11. The summed E-state index contributed by atoms with van der Waals surface area (Å²) in [6.45, 7) is 3.90. The van der Waals surface area contributed by atoms with Crippen LogP contribution in [0.5, 0.6) is 0 Å². The van der Waals surface area contributed by atoms with E-state index in [-0.39, 0.29) is 0 Å². The van der Waals surface area contributed by atoms with Gasteiger partial charge in [0.15, 0.2) is 11.6 Å². The Bertz CT molecular complexity index is 1010. The van der Waals surface area contributed by atoms with Crippen LogP contribution in [0, 0.1) is 13.8 Å². The van der Waals surface area contributed by atoms with Gasteiger partial charge in [0.1, 0.15) is 18.3 Å². The minimum Gasteiger partial charge on any atom is -0.393 e. The molecule has 23 heavy (non-hydrogen) atoms. The summed E-state index contributed by atoms with van der Waals surface area (Å²) in [5.41, 5.74) is 10.5. The number of nitrogens with zero attached hydrogens (tertiary/aromatic N) is 6. The first-order valence-corrected chi connectivity index (χ1v) is 7.22. The predicted molar refractivity (Wildman–Crippen MR) is 87.7 cm³/mol. The van der Waals surface area contributed by atoms with Gasteiger partial charge in [-0.25, -0.2) is 19.6 Å². The number of hydrogen-bond donors (Lipinski definition) is 1. The highest BCUT2D eigenvalue weighted by atomic mass is 15.3. The number of hydrogen-bond acceptors (Lipinski definition) is 5. The molecule has 0 aliphatic carbocycles. The van der Waals surface area contributed by atoms with Crippen LogP contribution in [-0.4, -0.2) is 29.3 Å². The summed E-state index contributed by atoms with van der Waals surface area (Å²) >= 11 is 0. The van der Waals surface area contributed by atoms with Crippen LogP contribution in [-0.2, 0) is 0 Å². The van der Waals surface area contributed by atoms with Gasteiger partial charge in [-0.1, -0.05) is 12.1 Å². The lowest BCUT2D eigenvalue weighted by molar-refractivity contribution is 0.799. The fourth-order valence-corrected chi connectivity index (χ4v) is 2.71. The molecule has 0 bridgehead atoms. The van der Waals surface area contributed by atoms with E-state index in [1.165, 1.54) is 6.33 Å². The van der Waals surface area contributed by atoms with Crippen molar-refractivity contribution < 1.29 is 0 Å². The van der Waals surface area contributed by atoms with Gasteiger partial charge >= 0.3 is 0 Å². The fraction of sp³-hybridized carbons (Fsp3) is 0.125. The van der Waals surface area contributed by atoms with Crippen LogP contribution in [0.4, 0.5) is 5.69 Å². The summed E-state index contributed by atoms with van der Waals surface area (Å²) in [6.07, 6.45) is 3.21. The third kappa shape index (κ3) is 2.05. The topological polar surface area (TPSA) is 87.4 Å². The van der Waals surface area contributed by atoms with Crippen LogP contribution in [0.1, 0.15) is 11.4 Å². The summed E-state index contributed by atoms with van der Waals surface area (Å²) in [6, 6.07) is 9.82. The van der Waals surface area contributed by atoms with Gasteiger partial charge < -0.3 is 5.73 Å². The first-order valence-electron chi connectivity index (χ1n) is 7.22. The molecule has 0 atom stereocenters. The molecular formula is C16H15N7. The molecule has 7 heteroatoms. The number of imidazole rings is 1. The molecule has 114 valence electrons. The maximum absolute atomic E-state index is 6.34. The Morgan fingerprint density at radius 1 is 1.00 bits per heavy atom. The summed E-state index contributed by atoms with van der Waals surface area (Å²) in [7, 11) is 0. The Kier molecular flexibility index (Phi) is 2.87. The lowest BCUT2D eigenvalue weighted by Crippen LogP contribution is -2.11. The lowest BCUT2D eigenvalue weighted by atomic mass is 10.3. The van der Waals surface area contributed by atoms with E-state index in [1.807, 2.05) is 48.7 Å². The SMILES string of the molecule is Cc1cc(C)n(-c2ncnc(-n3cnc4ccccc43)c2N)n1. The van der Waals surface area contributed by atoms with E-state index in [0.717, 1.165) is 22.4 Å². The number of nitrogen functional groups attached to an aromatic ring is 1. The molecule has 0 unspecified atom stereocenters. The highest BCUT2D eigenvalue weighted by Gasteiger charge is 2.15. The van der Waals surface area contributed by atoms with Crippen LogP contribution in [0.15, 0.2) is 43.0 Å². The van der Waals surface area contributed by atoms with Gasteiger partial charge in [-0.05, 0) is 32.0 Å². The Morgan fingerprint density at radius 3 is 2.57 bits per heavy atom. The van der Waals surface area contributed by atoms with E-state index in [0.29, 0.717) is 17.3 Å². The van der Waals surface area contributed by atoms with Gasteiger partial charge in [-0.2, -0.15) is 5.10 Å². The molecule has 1 aromatic carbocycles. The number of aromatic nitrogens is 6. The van der Waals surface area contributed by atoms with Crippen molar-refractivity contribution in [3.8, 4) is 11.6 Å². The Labute approximate surface area is 132 Å². The summed E-state index contributed by atoms with van der Waals surface area (Å²) in [4.78, 5) is 13.0. The van der Waals surface area contributed by atoms with Gasteiger partial charge in [0.25, 0.3) is 0 Å². The van der Waals surface area contributed by atoms with E-state index < -0.39 is 0 Å². The number of nitrogens with two attached hydrogens (primary N) is 1. The first kappa shape index (κ1) is 13.4. The second kappa shape index (κ2) is 4.91. The molecule has 4 aromatic rings. The predicted octanol–water partition coefficient (Wildman–Crippen LogP) is 2.20. The van der Waals surface area contributed by atoms with Crippen LogP contribution < -0.4 is 5.73 Å². The van der Waals surface area contributed by atoms with E-state index in [1.54, 1.807) is 11.0 Å². The Morgan fingerprint density at radius 2 is 1.78 bits per heavy atom. The second-order valence-corrected chi connectivity index (χ2v) is 5.38. The largest absolute Gasteiger partial charge is 0.393 e. The second-order valence-electron chi connectivity index (χ2n) is 5.38. The minimum absolute atomic E-state index is 0.460. The molecule has 0 radical (unpaired) electrons. The molecular weight excluding hydrogens is 290 g/mol. The van der Waals surface area contributed by atoms with Crippen LogP contribution in [0.25, 0.3) is 22.7 Å². The number of para-hydroxylation sites is 2. The number of rotatable bonds is 2. The van der Waals surface area contributed by atoms with Crippen molar-refractivity contribution in [1.82, 2.24) is 29.3 Å². The third-order valence-corrected chi connectivity index (χ3v) is 3.73. The van der Waals surface area contributed by atoms with Crippen molar-refractivity contribution in [1.29, 1.82) is 0 Å². The van der Waals surface area contributed by atoms with Gasteiger partial charge in [0.2, 0.25) is 0 Å². The quantitative estimate of drug-likeness (QED) is 0.613. The molecule has 0 saturated heterocycles. The molecule has 3 aromatic heterocycles. The number of anilines is 1. The zero-order valence-corrected chi connectivity index (χ0v) is 12.8. The molecule has 0 amide bonds. The molecule has 2 N–H and O–H groups in total. The summed E-state index contributed by atoms with van der Waals surface area (Å²) in [5.74, 6) is 1.16. The highest BCUT2D eigenvalue weighted by molar-refractivity contribution is 5.79. The first-order chi connectivity index (χ1) is 11.1. The molecule has 0 saturated carbocycles. The van der Waals surface area contributed by atoms with Crippen molar-refractivity contribution in [2.45, 2.75) is 13.8 Å². The van der Waals surface area contributed by atoms with Gasteiger partial charge in [0.05, 0.1) is 16.7 Å². The molecule has 7 nitrogen and oxygen atoms in total. The normalized spacial score (nSPS) is 11.2. The fourth-order valence-electron chi connectivity index (χ4n) is 2.71. The van der Waals surface area contributed by atoms with Crippen molar-refractivity contribution in [2.75, 3.05) is 5.73 Å². The average molecular weight is 305 g/mol. The zero-order valence-electron chi connectivity index (χ0n) is 12.8. The van der Waals surface area contributed by atoms with E-state index >= 15 is 0 Å². The van der Waals surface area contributed by atoms with Crippen LogP contribution in [0.2, 0.25) is 0 Å². The molecule has 4 rings (SSSR count). The van der Waals surface area contributed by atoms with Crippen molar-refractivity contribution >= 4 is 16.7 Å². The van der Waals surface area contributed by atoms with Gasteiger partial charge in [0, 0.05) is 5.69 Å². The maximum atomic E-state index is 6.34. The Hall–Kier alpha value is -3.22. The smallest absolute Gasteiger partial charge is 0.182 e. The monoisotopic (exact) mass is 305 g/mol. The van der Waals surface area contributed by atoms with Crippen LogP contribution in [0.3, 0.4) is 0 Å². The average Bonchev–Trinajstić information content (AvgIpc) is 3.11. The molecule has 3 heterocycles. The van der Waals surface area contributed by atoms with Crippen molar-refractivity contribution in [3.63, 3.8) is 0 Å². The minimum atomic E-state index is 0.460. The van der Waals surface area contributed by atoms with Gasteiger partial charge in [-0.3, -0.25) is 4.57 Å². The number of aryl methyl sites for hydroxylation is 2. The van der Waals surface area contributed by atoms with Crippen molar-refractivity contribution in [2.24, 2.45) is 0 Å². The van der Waals surface area contributed by atoms with Crippen LogP contribution >= 0.6 is 0 Å². The third-order valence-electron chi connectivity index (χ3n) is 3.73.